The van der Waals surface area contributed by atoms with Crippen molar-refractivity contribution in [2.24, 2.45) is 0 Å². The van der Waals surface area contributed by atoms with Crippen molar-refractivity contribution in [1.29, 1.82) is 0 Å². The van der Waals surface area contributed by atoms with Gasteiger partial charge in [-0.1, -0.05) is 0 Å². The Labute approximate surface area is 184 Å². The third kappa shape index (κ3) is 4.23. The molecule has 2 heterocycles. The van der Waals surface area contributed by atoms with E-state index in [4.69, 9.17) is 9.47 Å². The van der Waals surface area contributed by atoms with E-state index in [-0.39, 0.29) is 23.3 Å². The minimum Gasteiger partial charge on any atom is -0.443 e. The van der Waals surface area contributed by atoms with Crippen LogP contribution >= 0.6 is 0 Å². The number of hydrogen-bond donors (Lipinski definition) is 2. The van der Waals surface area contributed by atoms with Crippen LogP contribution in [-0.2, 0) is 9.47 Å². The van der Waals surface area contributed by atoms with Crippen LogP contribution in [0.4, 0.5) is 29.7 Å². The average Bonchev–Trinajstić information content (AvgIpc) is 3.31. The molecule has 32 heavy (non-hydrogen) atoms. The molecule has 0 unspecified atom stereocenters. The summed E-state index contributed by atoms with van der Waals surface area (Å²) in [6.45, 7) is 1.56. The fraction of sp³-hybridized carbons (Fsp3) is 0.364. The summed E-state index contributed by atoms with van der Waals surface area (Å²) < 4.78 is 40.2. The van der Waals surface area contributed by atoms with Crippen molar-refractivity contribution in [2.45, 2.75) is 12.2 Å². The molecule has 2 atom stereocenters. The molecule has 0 spiro atoms. The predicted molar refractivity (Wildman–Crippen MR) is 115 cm³/mol. The Bertz CT molecular complexity index is 953. The largest absolute Gasteiger partial charge is 0.443 e. The standard InChI is InChI=1S/C22H24F2N4O4/c1-25-9-15-11-27(21(29)31-15)13-3-5-17(19(23)7-13)18-6-4-14(8-20(18)24)28-12-16(10-26-2)32-22(28)30/h3-8,15-16,25-26H,9-12H2,1-2H3/t15-,16-/m0/s1. The highest BCUT2D eigenvalue weighted by atomic mass is 19.1. The molecule has 0 saturated carbocycles. The maximum atomic E-state index is 14.9. The van der Waals surface area contributed by atoms with Gasteiger partial charge in [-0.15, -0.1) is 0 Å². The second-order valence-electron chi connectivity index (χ2n) is 7.68. The van der Waals surface area contributed by atoms with Crippen LogP contribution < -0.4 is 20.4 Å². The van der Waals surface area contributed by atoms with Gasteiger partial charge >= 0.3 is 12.2 Å². The van der Waals surface area contributed by atoms with Crippen molar-refractivity contribution >= 4 is 23.6 Å². The van der Waals surface area contributed by atoms with Crippen molar-refractivity contribution in [1.82, 2.24) is 10.6 Å². The van der Waals surface area contributed by atoms with Crippen molar-refractivity contribution in [3.8, 4) is 11.1 Å². The first-order valence-electron chi connectivity index (χ1n) is 10.3. The minimum absolute atomic E-state index is 0.0502. The number of anilines is 2. The molecule has 2 aromatic rings. The number of carbonyl (C=O) groups is 2. The lowest BCUT2D eigenvalue weighted by Gasteiger charge is -2.16. The normalized spacial score (nSPS) is 20.6. The molecule has 8 nitrogen and oxygen atoms in total. The molecule has 0 radical (unpaired) electrons. The molecule has 2 aromatic carbocycles. The molecular formula is C22H24F2N4O4. The summed E-state index contributed by atoms with van der Waals surface area (Å²) in [6, 6.07) is 8.32. The van der Waals surface area contributed by atoms with E-state index in [2.05, 4.69) is 10.6 Å². The number of benzene rings is 2. The maximum absolute atomic E-state index is 14.9. The molecule has 2 N–H and O–H groups in total. The molecule has 2 aliphatic rings. The van der Waals surface area contributed by atoms with Crippen LogP contribution in [0.15, 0.2) is 36.4 Å². The number of nitrogens with one attached hydrogen (secondary N) is 2. The van der Waals surface area contributed by atoms with E-state index in [1.807, 2.05) is 0 Å². The van der Waals surface area contributed by atoms with Crippen LogP contribution in [-0.4, -0.2) is 64.7 Å². The van der Waals surface area contributed by atoms with E-state index in [0.29, 0.717) is 37.6 Å². The summed E-state index contributed by atoms with van der Waals surface area (Å²) >= 11 is 0. The molecule has 0 aliphatic carbocycles. The summed E-state index contributed by atoms with van der Waals surface area (Å²) in [6.07, 6.45) is -1.76. The Kier molecular flexibility index (Phi) is 6.24. The number of cyclic esters (lactones) is 2. The topological polar surface area (TPSA) is 83.1 Å². The van der Waals surface area contributed by atoms with E-state index in [0.717, 1.165) is 0 Å². The number of halogens is 2. The second-order valence-corrected chi connectivity index (χ2v) is 7.68. The molecule has 10 heteroatoms. The smallest absolute Gasteiger partial charge is 0.414 e. The van der Waals surface area contributed by atoms with Gasteiger partial charge in [-0.05, 0) is 50.5 Å². The highest BCUT2D eigenvalue weighted by Crippen LogP contribution is 2.33. The lowest BCUT2D eigenvalue weighted by Crippen LogP contribution is -2.29. The molecule has 2 saturated heterocycles. The van der Waals surface area contributed by atoms with Gasteiger partial charge < -0.3 is 20.1 Å². The Balaban J connectivity index is 1.54. The highest BCUT2D eigenvalue weighted by Gasteiger charge is 2.33. The van der Waals surface area contributed by atoms with Crippen LogP contribution in [0, 0.1) is 11.6 Å². The summed E-state index contributed by atoms with van der Waals surface area (Å²) in [7, 11) is 3.50. The first-order valence-corrected chi connectivity index (χ1v) is 10.3. The zero-order chi connectivity index (χ0) is 22.8. The second kappa shape index (κ2) is 9.09. The summed E-state index contributed by atoms with van der Waals surface area (Å²) in [5.74, 6) is -1.35. The van der Waals surface area contributed by atoms with Crippen LogP contribution in [0.5, 0.6) is 0 Å². The molecule has 170 valence electrons. The molecule has 2 amide bonds. The van der Waals surface area contributed by atoms with Crippen molar-refractivity contribution in [3.05, 3.63) is 48.0 Å². The van der Waals surface area contributed by atoms with E-state index in [9.17, 15) is 18.4 Å². The number of hydrogen-bond acceptors (Lipinski definition) is 6. The summed E-state index contributed by atoms with van der Waals surface area (Å²) in [4.78, 5) is 26.8. The Hall–Kier alpha value is -3.24. The van der Waals surface area contributed by atoms with Gasteiger partial charge in [0.2, 0.25) is 0 Å². The Morgan fingerprint density at radius 1 is 0.812 bits per heavy atom. The number of ether oxygens (including phenoxy) is 2. The molecule has 4 rings (SSSR count). The van der Waals surface area contributed by atoms with Gasteiger partial charge in [-0.25, -0.2) is 18.4 Å². The minimum atomic E-state index is -0.673. The maximum Gasteiger partial charge on any atom is 0.414 e. The third-order valence-electron chi connectivity index (χ3n) is 5.43. The molecular weight excluding hydrogens is 422 g/mol. The molecule has 0 bridgehead atoms. The third-order valence-corrected chi connectivity index (χ3v) is 5.43. The first kappa shape index (κ1) is 22.0. The zero-order valence-corrected chi connectivity index (χ0v) is 17.7. The van der Waals surface area contributed by atoms with Gasteiger partial charge in [0.25, 0.3) is 0 Å². The summed E-state index contributed by atoms with van der Waals surface area (Å²) in [5.41, 5.74) is 0.771. The number of rotatable bonds is 7. The first-order chi connectivity index (χ1) is 15.4. The predicted octanol–water partition coefficient (Wildman–Crippen LogP) is 2.72. The number of likely N-dealkylation sites (N-methyl/N-ethyl adjacent to an activating group) is 2. The van der Waals surface area contributed by atoms with Crippen molar-refractivity contribution < 1.29 is 27.8 Å². The SMILES string of the molecule is CNC[C@H]1CN(c2ccc(-c3ccc(N4C[C@H](CNC)OC4=O)cc3F)c(F)c2)C(=O)O1. The van der Waals surface area contributed by atoms with E-state index in [1.54, 1.807) is 26.2 Å². The van der Waals surface area contributed by atoms with Gasteiger partial charge in [0.15, 0.2) is 0 Å². The summed E-state index contributed by atoms with van der Waals surface area (Å²) in [5, 5.41) is 5.86. The number of nitrogens with zero attached hydrogens (tertiary/aromatic N) is 2. The molecule has 2 fully saturated rings. The van der Waals surface area contributed by atoms with Crippen LogP contribution in [0.25, 0.3) is 11.1 Å². The van der Waals surface area contributed by atoms with Gasteiger partial charge in [-0.2, -0.15) is 0 Å². The van der Waals surface area contributed by atoms with Gasteiger partial charge in [0, 0.05) is 24.2 Å². The molecule has 2 aliphatic heterocycles. The lowest BCUT2D eigenvalue weighted by atomic mass is 10.0. The number of carbonyl (C=O) groups excluding carboxylic acids is 2. The van der Waals surface area contributed by atoms with Crippen LogP contribution in [0.3, 0.4) is 0 Å². The zero-order valence-electron chi connectivity index (χ0n) is 17.7. The van der Waals surface area contributed by atoms with Gasteiger partial charge in [-0.3, -0.25) is 9.80 Å². The Morgan fingerprint density at radius 3 is 1.56 bits per heavy atom. The van der Waals surface area contributed by atoms with Crippen LogP contribution in [0.1, 0.15) is 0 Å². The van der Waals surface area contributed by atoms with Crippen molar-refractivity contribution in [2.75, 3.05) is 50.1 Å². The number of amides is 2. The van der Waals surface area contributed by atoms with Crippen molar-refractivity contribution in [3.63, 3.8) is 0 Å². The van der Waals surface area contributed by atoms with Gasteiger partial charge in [0.05, 0.1) is 24.5 Å². The average molecular weight is 446 g/mol. The monoisotopic (exact) mass is 446 g/mol. The van der Waals surface area contributed by atoms with Gasteiger partial charge in [0.1, 0.15) is 23.8 Å². The highest BCUT2D eigenvalue weighted by molar-refractivity contribution is 5.91. The van der Waals surface area contributed by atoms with Crippen LogP contribution in [0.2, 0.25) is 0 Å². The lowest BCUT2D eigenvalue weighted by molar-refractivity contribution is 0.140. The quantitative estimate of drug-likeness (QED) is 0.681. The van der Waals surface area contributed by atoms with E-state index < -0.39 is 23.8 Å². The van der Waals surface area contributed by atoms with E-state index in [1.165, 1.54) is 34.1 Å². The van der Waals surface area contributed by atoms with E-state index >= 15 is 0 Å². The fourth-order valence-electron chi connectivity index (χ4n) is 3.91. The molecule has 0 aromatic heterocycles. The fourth-order valence-corrected chi connectivity index (χ4v) is 3.91. The Morgan fingerprint density at radius 2 is 1.22 bits per heavy atom.